The second kappa shape index (κ2) is 8.71. The quantitative estimate of drug-likeness (QED) is 0.601. The Balaban J connectivity index is 1.82. The largest absolute Gasteiger partial charge is 0.337 e. The summed E-state index contributed by atoms with van der Waals surface area (Å²) in [6, 6.07) is 16.3. The molecule has 0 aliphatic rings. The van der Waals surface area contributed by atoms with E-state index in [2.05, 4.69) is 0 Å². The monoisotopic (exact) mass is 397 g/mol. The van der Waals surface area contributed by atoms with Crippen LogP contribution in [0.4, 0.5) is 0 Å². The highest BCUT2D eigenvalue weighted by Gasteiger charge is 2.15. The molecule has 0 N–H and O–H groups in total. The molecule has 28 heavy (non-hydrogen) atoms. The Kier molecular flexibility index (Phi) is 6.11. The number of likely N-dealkylation sites (N-methyl/N-ethyl adjacent to an activating group) is 1. The van der Waals surface area contributed by atoms with Gasteiger partial charge in [-0.15, -0.1) is 0 Å². The van der Waals surface area contributed by atoms with Crippen LogP contribution in [-0.4, -0.2) is 26.5 Å². The third kappa shape index (κ3) is 4.40. The minimum atomic E-state index is -0.758. The maximum atomic E-state index is 12.7. The van der Waals surface area contributed by atoms with Gasteiger partial charge >= 0.3 is 11.1 Å². The normalized spacial score (nSPS) is 10.6. The van der Waals surface area contributed by atoms with Crippen LogP contribution in [0.3, 0.4) is 0 Å². The number of aromatic nitrogens is 2. The molecule has 0 saturated carbocycles. The van der Waals surface area contributed by atoms with Gasteiger partial charge in [0.2, 0.25) is 5.91 Å². The molecule has 3 rings (SSSR count). The van der Waals surface area contributed by atoms with Gasteiger partial charge in [-0.3, -0.25) is 23.5 Å². The van der Waals surface area contributed by atoms with E-state index in [9.17, 15) is 14.4 Å². The zero-order valence-electron chi connectivity index (χ0n) is 15.4. The number of rotatable bonds is 6. The molecule has 0 spiro atoms. The van der Waals surface area contributed by atoms with Crippen molar-refractivity contribution < 1.29 is 4.79 Å². The third-order valence-electron chi connectivity index (χ3n) is 4.40. The minimum absolute atomic E-state index is 0.189. The van der Waals surface area contributed by atoms with Gasteiger partial charge in [-0.2, -0.15) is 0 Å². The van der Waals surface area contributed by atoms with Crippen LogP contribution in [0.25, 0.3) is 5.69 Å². The number of hydrogen-bond acceptors (Lipinski definition) is 3. The van der Waals surface area contributed by atoms with Gasteiger partial charge in [-0.25, -0.2) is 0 Å². The number of benzene rings is 2. The molecule has 0 unspecified atom stereocenters. The summed E-state index contributed by atoms with van der Waals surface area (Å²) >= 11 is 5.96. The van der Waals surface area contributed by atoms with Crippen LogP contribution in [0, 0.1) is 0 Å². The topological polar surface area (TPSA) is 64.3 Å². The zero-order valence-corrected chi connectivity index (χ0v) is 16.2. The fourth-order valence-electron chi connectivity index (χ4n) is 2.89. The SMILES string of the molecule is CCN(Cc1ccccc1)C(=O)Cn1ccn(-c2cccc(Cl)c2)c(=O)c1=O. The highest BCUT2D eigenvalue weighted by molar-refractivity contribution is 6.30. The Morgan fingerprint density at radius 1 is 1.00 bits per heavy atom. The Bertz CT molecular complexity index is 1090. The number of carbonyl (C=O) groups is 1. The highest BCUT2D eigenvalue weighted by atomic mass is 35.5. The molecule has 0 fully saturated rings. The van der Waals surface area contributed by atoms with Crippen molar-refractivity contribution in [2.45, 2.75) is 20.0 Å². The summed E-state index contributed by atoms with van der Waals surface area (Å²) in [5.41, 5.74) is 0.00373. The van der Waals surface area contributed by atoms with Crippen LogP contribution in [0.5, 0.6) is 0 Å². The number of nitrogens with zero attached hydrogens (tertiary/aromatic N) is 3. The van der Waals surface area contributed by atoms with Crippen LogP contribution >= 0.6 is 11.6 Å². The summed E-state index contributed by atoms with van der Waals surface area (Å²) in [6.07, 6.45) is 2.91. The summed E-state index contributed by atoms with van der Waals surface area (Å²) in [6.45, 7) is 2.64. The van der Waals surface area contributed by atoms with Crippen molar-refractivity contribution in [3.8, 4) is 5.69 Å². The highest BCUT2D eigenvalue weighted by Crippen LogP contribution is 2.12. The van der Waals surface area contributed by atoms with Crippen molar-refractivity contribution >= 4 is 17.5 Å². The predicted molar refractivity (Wildman–Crippen MR) is 109 cm³/mol. The second-order valence-corrected chi connectivity index (χ2v) is 6.72. The molecule has 7 heteroatoms. The van der Waals surface area contributed by atoms with Gasteiger partial charge in [-0.05, 0) is 30.7 Å². The lowest BCUT2D eigenvalue weighted by molar-refractivity contribution is -0.132. The van der Waals surface area contributed by atoms with E-state index in [-0.39, 0.29) is 12.5 Å². The molecule has 6 nitrogen and oxygen atoms in total. The van der Waals surface area contributed by atoms with E-state index >= 15 is 0 Å². The molecule has 1 aromatic heterocycles. The molecule has 0 aliphatic carbocycles. The average molecular weight is 398 g/mol. The van der Waals surface area contributed by atoms with Crippen LogP contribution in [0.2, 0.25) is 5.02 Å². The number of amides is 1. The number of carbonyl (C=O) groups excluding carboxylic acids is 1. The summed E-state index contributed by atoms with van der Waals surface area (Å²) in [4.78, 5) is 39.2. The zero-order chi connectivity index (χ0) is 20.1. The van der Waals surface area contributed by atoms with Gasteiger partial charge in [0, 0.05) is 30.5 Å². The van der Waals surface area contributed by atoms with Crippen molar-refractivity contribution in [2.24, 2.45) is 0 Å². The standard InChI is InChI=1S/C21H20ClN3O3/c1-2-23(14-16-7-4-3-5-8-16)19(26)15-24-11-12-25(21(28)20(24)27)18-10-6-9-17(22)13-18/h3-13H,2,14-15H2,1H3. The molecule has 0 atom stereocenters. The molecular weight excluding hydrogens is 378 g/mol. The minimum Gasteiger partial charge on any atom is -0.337 e. The fourth-order valence-corrected chi connectivity index (χ4v) is 3.07. The molecule has 0 bridgehead atoms. The molecule has 3 aromatic rings. The van der Waals surface area contributed by atoms with E-state index < -0.39 is 11.1 Å². The Hall–Kier alpha value is -3.12. The molecule has 1 heterocycles. The molecule has 144 valence electrons. The van der Waals surface area contributed by atoms with Crippen molar-refractivity contribution in [1.29, 1.82) is 0 Å². The van der Waals surface area contributed by atoms with E-state index in [0.29, 0.717) is 23.8 Å². The summed E-state index contributed by atoms with van der Waals surface area (Å²) in [5, 5.41) is 0.461. The third-order valence-corrected chi connectivity index (χ3v) is 4.64. The smallest absolute Gasteiger partial charge is 0.320 e. The van der Waals surface area contributed by atoms with Gasteiger partial charge in [0.1, 0.15) is 6.54 Å². The Morgan fingerprint density at radius 3 is 2.43 bits per heavy atom. The molecular formula is C21H20ClN3O3. The lowest BCUT2D eigenvalue weighted by atomic mass is 10.2. The lowest BCUT2D eigenvalue weighted by Gasteiger charge is -2.21. The molecule has 0 radical (unpaired) electrons. The van der Waals surface area contributed by atoms with E-state index in [1.54, 1.807) is 29.2 Å². The first-order chi connectivity index (χ1) is 13.5. The Labute approximate surface area is 167 Å². The summed E-state index contributed by atoms with van der Waals surface area (Å²) < 4.78 is 2.36. The second-order valence-electron chi connectivity index (χ2n) is 6.28. The predicted octanol–water partition coefficient (Wildman–Crippen LogP) is 2.70. The van der Waals surface area contributed by atoms with Gasteiger partial charge in [-0.1, -0.05) is 48.0 Å². The van der Waals surface area contributed by atoms with Crippen molar-refractivity contribution in [1.82, 2.24) is 14.0 Å². The van der Waals surface area contributed by atoms with Crippen LogP contribution in [0.1, 0.15) is 12.5 Å². The number of hydrogen-bond donors (Lipinski definition) is 0. The average Bonchev–Trinajstić information content (AvgIpc) is 2.70. The van der Waals surface area contributed by atoms with Crippen molar-refractivity contribution in [3.63, 3.8) is 0 Å². The van der Waals surface area contributed by atoms with E-state index in [4.69, 9.17) is 11.6 Å². The first-order valence-corrected chi connectivity index (χ1v) is 9.27. The van der Waals surface area contributed by atoms with E-state index in [0.717, 1.165) is 10.1 Å². The van der Waals surface area contributed by atoms with Crippen LogP contribution < -0.4 is 11.1 Å². The van der Waals surface area contributed by atoms with Gasteiger partial charge in [0.25, 0.3) is 0 Å². The van der Waals surface area contributed by atoms with Crippen molar-refractivity contribution in [2.75, 3.05) is 6.54 Å². The van der Waals surface area contributed by atoms with Gasteiger partial charge < -0.3 is 4.90 Å². The molecule has 2 aromatic carbocycles. The summed E-state index contributed by atoms with van der Waals surface area (Å²) in [7, 11) is 0. The molecule has 0 aliphatic heterocycles. The molecule has 1 amide bonds. The first kappa shape index (κ1) is 19.6. The lowest BCUT2D eigenvalue weighted by Crippen LogP contribution is -2.43. The molecule has 0 saturated heterocycles. The van der Waals surface area contributed by atoms with Gasteiger partial charge in [0.15, 0.2) is 0 Å². The Morgan fingerprint density at radius 2 is 1.75 bits per heavy atom. The maximum absolute atomic E-state index is 12.7. The van der Waals surface area contributed by atoms with Gasteiger partial charge in [0.05, 0.1) is 5.69 Å². The van der Waals surface area contributed by atoms with Crippen molar-refractivity contribution in [3.05, 3.63) is 98.3 Å². The van der Waals surface area contributed by atoms with Crippen LogP contribution in [-0.2, 0) is 17.9 Å². The summed E-state index contributed by atoms with van der Waals surface area (Å²) in [5.74, 6) is -0.228. The maximum Gasteiger partial charge on any atom is 0.320 e. The van der Waals surface area contributed by atoms with E-state index in [1.807, 2.05) is 37.3 Å². The first-order valence-electron chi connectivity index (χ1n) is 8.89. The van der Waals surface area contributed by atoms with Crippen LogP contribution in [0.15, 0.2) is 76.6 Å². The number of halogens is 1. The van der Waals surface area contributed by atoms with E-state index in [1.165, 1.54) is 17.0 Å². The fraction of sp³-hybridized carbons (Fsp3) is 0.190.